The Balaban J connectivity index is 1.38. The molecule has 3 heterocycles. The second-order valence-electron chi connectivity index (χ2n) is 10.9. The number of aromatic nitrogens is 2. The van der Waals surface area contributed by atoms with Gasteiger partial charge >= 0.3 is 11.8 Å². The van der Waals surface area contributed by atoms with Crippen LogP contribution in [0.1, 0.15) is 33.6 Å². The van der Waals surface area contributed by atoms with Crippen molar-refractivity contribution in [1.82, 2.24) is 19.6 Å². The highest BCUT2D eigenvalue weighted by molar-refractivity contribution is 5.82. The van der Waals surface area contributed by atoms with Gasteiger partial charge in [0.25, 0.3) is 0 Å². The van der Waals surface area contributed by atoms with Crippen LogP contribution in [-0.4, -0.2) is 89.1 Å². The van der Waals surface area contributed by atoms with Crippen molar-refractivity contribution in [3.05, 3.63) is 34.6 Å². The molecule has 2 aliphatic heterocycles. The number of nitro benzene ring substituents is 1. The van der Waals surface area contributed by atoms with Crippen molar-refractivity contribution in [1.29, 1.82) is 0 Å². The van der Waals surface area contributed by atoms with E-state index >= 15 is 0 Å². The number of likely N-dealkylation sites (tertiary alicyclic amines) is 1. The summed E-state index contributed by atoms with van der Waals surface area (Å²) in [4.78, 5) is 30.2. The SMILES string of the molecule is COc1cc(N2CCN(CC3CCN(C(=O)OC(C)(C)C)CC3)CC2)c(-c2cnn(C)c2)cc1[N+](=O)[O-]. The van der Waals surface area contributed by atoms with E-state index in [0.717, 1.165) is 75.5 Å². The van der Waals surface area contributed by atoms with Crippen LogP contribution in [0.3, 0.4) is 0 Å². The minimum absolute atomic E-state index is 0.0542. The predicted molar refractivity (Wildman–Crippen MR) is 141 cm³/mol. The summed E-state index contributed by atoms with van der Waals surface area (Å²) < 4.78 is 12.6. The van der Waals surface area contributed by atoms with E-state index in [2.05, 4.69) is 14.9 Å². The smallest absolute Gasteiger partial charge is 0.410 e. The maximum absolute atomic E-state index is 12.4. The number of piperidine rings is 1. The third-order valence-electron chi connectivity index (χ3n) is 7.01. The molecule has 0 spiro atoms. The maximum Gasteiger partial charge on any atom is 0.410 e. The number of anilines is 1. The third kappa shape index (κ3) is 6.51. The highest BCUT2D eigenvalue weighted by atomic mass is 16.6. The number of carbonyl (C=O) groups is 1. The van der Waals surface area contributed by atoms with Crippen molar-refractivity contribution in [3.63, 3.8) is 0 Å². The van der Waals surface area contributed by atoms with Crippen molar-refractivity contribution in [3.8, 4) is 16.9 Å². The fourth-order valence-corrected chi connectivity index (χ4v) is 5.08. The van der Waals surface area contributed by atoms with E-state index in [-0.39, 0.29) is 17.5 Å². The Hall–Kier alpha value is -3.34. The molecule has 0 saturated carbocycles. The number of methoxy groups -OCH3 is 1. The van der Waals surface area contributed by atoms with Gasteiger partial charge in [-0.15, -0.1) is 0 Å². The largest absolute Gasteiger partial charge is 0.490 e. The van der Waals surface area contributed by atoms with Crippen LogP contribution in [0.15, 0.2) is 24.5 Å². The molecular formula is C26H38N6O5. The Kier molecular flexibility index (Phi) is 7.91. The number of rotatable bonds is 6. The monoisotopic (exact) mass is 514 g/mol. The number of nitrogens with zero attached hydrogens (tertiary/aromatic N) is 6. The standard InChI is InChI=1S/C26H38N6O5/c1-26(2,3)37-25(33)31-8-6-19(7-9-31)17-29-10-12-30(13-11-29)22-15-24(36-5)23(32(34)35)14-21(22)20-16-27-28(4)18-20/h14-16,18-19H,6-13,17H2,1-5H3. The average molecular weight is 515 g/mol. The molecule has 0 aliphatic carbocycles. The van der Waals surface area contributed by atoms with E-state index in [1.165, 1.54) is 7.11 Å². The summed E-state index contributed by atoms with van der Waals surface area (Å²) >= 11 is 0. The number of hydrogen-bond acceptors (Lipinski definition) is 8. The van der Waals surface area contributed by atoms with Crippen LogP contribution >= 0.6 is 0 Å². The predicted octanol–water partition coefficient (Wildman–Crippen LogP) is 3.77. The van der Waals surface area contributed by atoms with Gasteiger partial charge in [0.05, 0.1) is 18.2 Å². The zero-order valence-electron chi connectivity index (χ0n) is 22.5. The van der Waals surface area contributed by atoms with Crippen LogP contribution in [0.25, 0.3) is 11.1 Å². The number of nitro groups is 1. The number of benzene rings is 1. The molecule has 2 saturated heterocycles. The normalized spacial score (nSPS) is 17.6. The van der Waals surface area contributed by atoms with E-state index in [1.807, 2.05) is 38.9 Å². The number of piperazine rings is 1. The van der Waals surface area contributed by atoms with E-state index in [0.29, 0.717) is 5.92 Å². The van der Waals surface area contributed by atoms with Crippen molar-refractivity contribution in [2.24, 2.45) is 13.0 Å². The van der Waals surface area contributed by atoms with Crippen LogP contribution in [0.2, 0.25) is 0 Å². The Morgan fingerprint density at radius 3 is 2.35 bits per heavy atom. The van der Waals surface area contributed by atoms with Crippen molar-refractivity contribution >= 4 is 17.5 Å². The number of carbonyl (C=O) groups excluding carboxylic acids is 1. The molecule has 0 N–H and O–H groups in total. The van der Waals surface area contributed by atoms with E-state index in [1.54, 1.807) is 23.0 Å². The molecular weight excluding hydrogens is 476 g/mol. The Morgan fingerprint density at radius 2 is 1.81 bits per heavy atom. The van der Waals surface area contributed by atoms with Crippen molar-refractivity contribution in [2.75, 3.05) is 57.8 Å². The van der Waals surface area contributed by atoms with Crippen LogP contribution < -0.4 is 9.64 Å². The lowest BCUT2D eigenvalue weighted by molar-refractivity contribution is -0.385. The third-order valence-corrected chi connectivity index (χ3v) is 7.01. The summed E-state index contributed by atoms with van der Waals surface area (Å²) in [5.41, 5.74) is 2.01. The Bertz CT molecular complexity index is 1110. The highest BCUT2D eigenvalue weighted by Crippen LogP contribution is 2.40. The Labute approximate surface area is 218 Å². The van der Waals surface area contributed by atoms with Gasteiger partial charge in [0, 0.05) is 88.0 Å². The molecule has 0 unspecified atom stereocenters. The minimum Gasteiger partial charge on any atom is -0.490 e. The van der Waals surface area contributed by atoms with Gasteiger partial charge in [-0.3, -0.25) is 19.7 Å². The molecule has 2 aromatic rings. The lowest BCUT2D eigenvalue weighted by atomic mass is 9.96. The summed E-state index contributed by atoms with van der Waals surface area (Å²) in [7, 11) is 3.29. The molecule has 37 heavy (non-hydrogen) atoms. The first-order valence-electron chi connectivity index (χ1n) is 12.8. The summed E-state index contributed by atoms with van der Waals surface area (Å²) in [5.74, 6) is 0.808. The first-order valence-corrected chi connectivity index (χ1v) is 12.8. The van der Waals surface area contributed by atoms with Crippen LogP contribution in [0.5, 0.6) is 5.75 Å². The quantitative estimate of drug-likeness (QED) is 0.424. The molecule has 11 nitrogen and oxygen atoms in total. The molecule has 2 fully saturated rings. The summed E-state index contributed by atoms with van der Waals surface area (Å²) in [6, 6.07) is 3.37. The maximum atomic E-state index is 12.4. The van der Waals surface area contributed by atoms with Crippen LogP contribution in [-0.2, 0) is 11.8 Å². The van der Waals surface area contributed by atoms with Gasteiger partial charge in [-0.25, -0.2) is 4.79 Å². The number of amides is 1. The fraction of sp³-hybridized carbons (Fsp3) is 0.615. The van der Waals surface area contributed by atoms with Crippen molar-refractivity contribution < 1.29 is 19.2 Å². The zero-order valence-corrected chi connectivity index (χ0v) is 22.5. The van der Waals surface area contributed by atoms with Crippen molar-refractivity contribution in [2.45, 2.75) is 39.2 Å². The van der Waals surface area contributed by atoms with Gasteiger partial charge in [0.2, 0.25) is 0 Å². The van der Waals surface area contributed by atoms with E-state index in [4.69, 9.17) is 9.47 Å². The average Bonchev–Trinajstić information content (AvgIpc) is 3.29. The van der Waals surface area contributed by atoms with Gasteiger partial charge in [0.1, 0.15) is 5.60 Å². The van der Waals surface area contributed by atoms with Gasteiger partial charge in [-0.05, 0) is 39.5 Å². The molecule has 0 bridgehead atoms. The lowest BCUT2D eigenvalue weighted by Gasteiger charge is -2.40. The second-order valence-corrected chi connectivity index (χ2v) is 10.9. The highest BCUT2D eigenvalue weighted by Gasteiger charge is 2.30. The van der Waals surface area contributed by atoms with Crippen LogP contribution in [0, 0.1) is 16.0 Å². The summed E-state index contributed by atoms with van der Waals surface area (Å²) in [6.07, 6.45) is 5.33. The van der Waals surface area contributed by atoms with E-state index in [9.17, 15) is 14.9 Å². The molecule has 4 rings (SSSR count). The second kappa shape index (κ2) is 11.0. The van der Waals surface area contributed by atoms with Gasteiger partial charge in [-0.2, -0.15) is 5.10 Å². The lowest BCUT2D eigenvalue weighted by Crippen LogP contribution is -2.49. The number of aryl methyl sites for hydroxylation is 1. The summed E-state index contributed by atoms with van der Waals surface area (Å²) in [5, 5.41) is 15.9. The fourth-order valence-electron chi connectivity index (χ4n) is 5.08. The minimum atomic E-state index is -0.474. The van der Waals surface area contributed by atoms with E-state index < -0.39 is 10.5 Å². The topological polar surface area (TPSA) is 106 Å². The molecule has 0 radical (unpaired) electrons. The number of ether oxygens (including phenoxy) is 2. The van der Waals surface area contributed by atoms with Gasteiger partial charge in [0.15, 0.2) is 5.75 Å². The number of hydrogen-bond donors (Lipinski definition) is 0. The molecule has 11 heteroatoms. The molecule has 1 aromatic carbocycles. The van der Waals surface area contributed by atoms with Gasteiger partial charge in [-0.1, -0.05) is 0 Å². The van der Waals surface area contributed by atoms with Gasteiger partial charge < -0.3 is 19.3 Å². The molecule has 1 aromatic heterocycles. The zero-order chi connectivity index (χ0) is 26.7. The molecule has 2 aliphatic rings. The van der Waals surface area contributed by atoms with Crippen LogP contribution in [0.4, 0.5) is 16.2 Å². The summed E-state index contributed by atoms with van der Waals surface area (Å²) in [6.45, 7) is 11.6. The molecule has 0 atom stereocenters. The first-order chi connectivity index (χ1) is 17.5. The molecule has 202 valence electrons. The Morgan fingerprint density at radius 1 is 1.14 bits per heavy atom. The molecule has 1 amide bonds. The first kappa shape index (κ1) is 26.7.